The first-order valence-electron chi connectivity index (χ1n) is 25.4. The van der Waals surface area contributed by atoms with Crippen LogP contribution in [0.5, 0.6) is 5.75 Å². The van der Waals surface area contributed by atoms with Gasteiger partial charge < -0.3 is 30.5 Å². The molecule has 6 atom stereocenters. The van der Waals surface area contributed by atoms with Crippen molar-refractivity contribution in [2.75, 3.05) is 45.2 Å². The number of unbranched alkanes of at least 4 members (excludes halogenated alkanes) is 1. The number of hydrogen-bond donors (Lipinski definition) is 4. The number of ether oxygens (including phenoxy) is 1. The molecule has 5 heterocycles. The van der Waals surface area contributed by atoms with Gasteiger partial charge in [-0.15, -0.1) is 11.3 Å². The van der Waals surface area contributed by atoms with Gasteiger partial charge >= 0.3 is 0 Å². The minimum absolute atomic E-state index is 0.0570. The van der Waals surface area contributed by atoms with Gasteiger partial charge in [-0.1, -0.05) is 68.7 Å². The first-order valence-corrected chi connectivity index (χ1v) is 26.3. The zero-order chi connectivity index (χ0) is 49.4. The third-order valence-corrected chi connectivity index (χ3v) is 17.0. The number of likely N-dealkylation sites (tertiary alicyclic amines) is 2. The smallest absolute Gasteiger partial charge is 0.276 e. The van der Waals surface area contributed by atoms with Crippen molar-refractivity contribution in [2.45, 2.75) is 115 Å². The maximum Gasteiger partial charge on any atom is 0.276 e. The molecule has 376 valence electrons. The molecule has 5 aliphatic rings. The molecule has 0 bridgehead atoms. The number of nitrogens with zero attached hydrogens (tertiary/aromatic N) is 6. The summed E-state index contributed by atoms with van der Waals surface area (Å²) in [6.45, 7) is 7.14. The summed E-state index contributed by atoms with van der Waals surface area (Å²) in [6, 6.07) is 16.1. The predicted molar refractivity (Wildman–Crippen MR) is 265 cm³/mol. The average molecular weight is 991 g/mol. The molecule has 3 amide bonds. The van der Waals surface area contributed by atoms with Crippen LogP contribution in [0.4, 0.5) is 14.5 Å². The second-order valence-corrected chi connectivity index (χ2v) is 21.5. The van der Waals surface area contributed by atoms with Crippen LogP contribution in [0, 0.1) is 23.2 Å². The molecule has 18 heteroatoms. The number of halogens is 2. The molecule has 2 aromatic carbocycles. The number of ketones is 1. The molecule has 0 spiro atoms. The Balaban J connectivity index is 0.695. The lowest BCUT2D eigenvalue weighted by atomic mass is 9.83. The standard InChI is InChI=1S/C53H64F2N10O5S/c1-32(56-3)48(67)60-44(33-14-6-4-7-15-33)51(69)64-22-13-20-42(64)50-59-41(31-71-50)47(66)35-18-12-19-38(24-35)70-23-11-10-21-63-28-36(29-63)46(34-16-8-5-9-17-34)65-30-37(27-57-65)58-49(68)45-39-25-43-52(2,53(43,54)55)26-40(39)61-62-45/h5,8-9,12,16-19,24,27,30-33,36,42-44,46,56H,4,6-7,10-11,13-15,20-23,25-26,28-29H2,1-3H3,(H,58,68)(H,60,67)(H,61,62)/t32?,42?,43-,44?,46+,52+/m0/s1. The van der Waals surface area contributed by atoms with E-state index >= 15 is 0 Å². The van der Waals surface area contributed by atoms with Crippen LogP contribution >= 0.6 is 11.3 Å². The van der Waals surface area contributed by atoms with Crippen molar-refractivity contribution in [2.24, 2.45) is 23.2 Å². The van der Waals surface area contributed by atoms with Gasteiger partial charge in [0.05, 0.1) is 36.6 Å². The van der Waals surface area contributed by atoms with Gasteiger partial charge in [0.25, 0.3) is 11.8 Å². The third kappa shape index (κ3) is 9.78. The van der Waals surface area contributed by atoms with Crippen LogP contribution in [0.25, 0.3) is 0 Å². The number of amides is 3. The summed E-state index contributed by atoms with van der Waals surface area (Å²) < 4.78 is 37.1. The van der Waals surface area contributed by atoms with Gasteiger partial charge in [0.2, 0.25) is 17.6 Å². The summed E-state index contributed by atoms with van der Waals surface area (Å²) in [4.78, 5) is 63.6. The monoisotopic (exact) mass is 990 g/mol. The van der Waals surface area contributed by atoms with E-state index in [2.05, 4.69) is 48.3 Å². The van der Waals surface area contributed by atoms with Crippen molar-refractivity contribution >= 4 is 40.5 Å². The molecule has 0 radical (unpaired) electrons. The number of benzene rings is 2. The minimum Gasteiger partial charge on any atom is -0.494 e. The summed E-state index contributed by atoms with van der Waals surface area (Å²) in [5, 5.41) is 23.3. The zero-order valence-corrected chi connectivity index (χ0v) is 41.5. The van der Waals surface area contributed by atoms with E-state index in [9.17, 15) is 28.0 Å². The van der Waals surface area contributed by atoms with Crippen LogP contribution in [-0.4, -0.2) is 116 Å². The van der Waals surface area contributed by atoms with Gasteiger partial charge in [0, 0.05) is 71.7 Å². The van der Waals surface area contributed by atoms with E-state index in [-0.39, 0.29) is 60.1 Å². The first-order chi connectivity index (χ1) is 34.3. The Kier molecular flexibility index (Phi) is 14.0. The second-order valence-electron chi connectivity index (χ2n) is 20.6. The number of H-pyrrole nitrogens is 1. The number of carbonyl (C=O) groups excluding carboxylic acids is 4. The van der Waals surface area contributed by atoms with Crippen molar-refractivity contribution in [1.29, 1.82) is 0 Å². The molecule has 15 nitrogen and oxygen atoms in total. The van der Waals surface area contributed by atoms with E-state index in [1.165, 1.54) is 11.3 Å². The van der Waals surface area contributed by atoms with E-state index in [0.717, 1.165) is 88.0 Å². The molecule has 10 rings (SSSR count). The number of alkyl halides is 2. The van der Waals surface area contributed by atoms with Gasteiger partial charge in [-0.3, -0.25) is 29.0 Å². The number of anilines is 1. The molecule has 2 saturated heterocycles. The normalized spacial score (nSPS) is 23.2. The Hall–Kier alpha value is -5.85. The lowest BCUT2D eigenvalue weighted by Gasteiger charge is -2.43. The Morgan fingerprint density at radius 2 is 1.79 bits per heavy atom. The van der Waals surface area contributed by atoms with Crippen LogP contribution in [0.2, 0.25) is 0 Å². The van der Waals surface area contributed by atoms with Gasteiger partial charge in [0.1, 0.15) is 22.5 Å². The van der Waals surface area contributed by atoms with Crippen molar-refractivity contribution in [1.82, 2.24) is 45.4 Å². The molecule has 2 aliphatic heterocycles. The quantitative estimate of drug-likeness (QED) is 0.0475. The molecule has 3 aromatic heterocycles. The number of carbonyl (C=O) groups is 4. The van der Waals surface area contributed by atoms with Crippen molar-refractivity contribution in [3.8, 4) is 5.75 Å². The van der Waals surface area contributed by atoms with Crippen LogP contribution in [0.15, 0.2) is 72.4 Å². The van der Waals surface area contributed by atoms with E-state index in [1.54, 1.807) is 44.6 Å². The topological polar surface area (TPSA) is 179 Å². The molecule has 3 aliphatic carbocycles. The van der Waals surface area contributed by atoms with E-state index in [4.69, 9.17) is 9.72 Å². The third-order valence-electron chi connectivity index (χ3n) is 16.0. The number of aromatic nitrogens is 5. The summed E-state index contributed by atoms with van der Waals surface area (Å²) in [5.41, 5.74) is 2.73. The van der Waals surface area contributed by atoms with E-state index in [1.807, 2.05) is 46.1 Å². The highest BCUT2D eigenvalue weighted by Gasteiger charge is 2.78. The molecule has 71 heavy (non-hydrogen) atoms. The number of thiazole rings is 1. The molecular formula is C53H64F2N10O5S. The Morgan fingerprint density at radius 1 is 0.986 bits per heavy atom. The van der Waals surface area contributed by atoms with Crippen LogP contribution in [0.1, 0.15) is 132 Å². The number of aromatic amines is 1. The SMILES string of the molecule is CNC(C)C(=O)NC(C(=O)N1CCCC1c1nc(C(=O)c2cccc(OCCCCN3CC([C@@H](c4ccccc4)n4cc(NC(=O)c5n[nH]c6c5C[C@@H]5C(F)(F)[C@]5(C)C6)cn4)C3)c2)cs1)C1CCCCC1. The summed E-state index contributed by atoms with van der Waals surface area (Å²) >= 11 is 1.40. The average Bonchev–Trinajstić information content (AvgIpc) is 4.13. The van der Waals surface area contributed by atoms with Gasteiger partial charge in [-0.05, 0) is 89.1 Å². The molecule has 3 unspecified atom stereocenters. The molecular weight excluding hydrogens is 927 g/mol. The summed E-state index contributed by atoms with van der Waals surface area (Å²) in [5.74, 6) is -3.40. The van der Waals surface area contributed by atoms with Crippen LogP contribution in [-0.2, 0) is 22.4 Å². The highest BCUT2D eigenvalue weighted by Crippen LogP contribution is 2.70. The highest BCUT2D eigenvalue weighted by atomic mass is 32.1. The Labute approximate surface area is 416 Å². The Morgan fingerprint density at radius 3 is 2.58 bits per heavy atom. The lowest BCUT2D eigenvalue weighted by Crippen LogP contribution is -2.55. The van der Waals surface area contributed by atoms with Gasteiger partial charge in [-0.2, -0.15) is 10.2 Å². The number of nitrogens with one attached hydrogen (secondary N) is 4. The summed E-state index contributed by atoms with van der Waals surface area (Å²) in [6.07, 6.45) is 12.2. The first kappa shape index (κ1) is 48.8. The lowest BCUT2D eigenvalue weighted by molar-refractivity contribution is -0.139. The largest absolute Gasteiger partial charge is 0.494 e. The van der Waals surface area contributed by atoms with Crippen molar-refractivity contribution < 1.29 is 32.7 Å². The molecule has 5 aromatic rings. The minimum atomic E-state index is -2.74. The number of fused-ring (bicyclic) bond motifs is 2. The highest BCUT2D eigenvalue weighted by molar-refractivity contribution is 7.10. The maximum atomic E-state index is 14.5. The predicted octanol–water partition coefficient (Wildman–Crippen LogP) is 7.63. The van der Waals surface area contributed by atoms with Crippen LogP contribution in [0.3, 0.4) is 0 Å². The summed E-state index contributed by atoms with van der Waals surface area (Å²) in [7, 11) is 1.74. The fraction of sp³-hybridized carbons (Fsp3) is 0.528. The van der Waals surface area contributed by atoms with Crippen molar-refractivity contribution in [3.05, 3.63) is 111 Å². The molecule has 4 fully saturated rings. The van der Waals surface area contributed by atoms with E-state index in [0.29, 0.717) is 47.1 Å². The maximum absolute atomic E-state index is 14.5. The molecule has 2 saturated carbocycles. The van der Waals surface area contributed by atoms with Gasteiger partial charge in [-0.25, -0.2) is 13.8 Å². The van der Waals surface area contributed by atoms with E-state index < -0.39 is 35.2 Å². The number of hydrogen-bond acceptors (Lipinski definition) is 11. The number of likely N-dealkylation sites (N-methyl/N-ethyl adjacent to an activating group) is 1. The number of rotatable bonds is 19. The van der Waals surface area contributed by atoms with Crippen molar-refractivity contribution in [3.63, 3.8) is 0 Å². The Bertz CT molecular complexity index is 2730. The van der Waals surface area contributed by atoms with Crippen LogP contribution < -0.4 is 20.7 Å². The molecule has 4 N–H and O–H groups in total. The zero-order valence-electron chi connectivity index (χ0n) is 40.7. The second kappa shape index (κ2) is 20.3. The fourth-order valence-corrected chi connectivity index (χ4v) is 12.5. The fourth-order valence-electron chi connectivity index (χ4n) is 11.6. The van der Waals surface area contributed by atoms with Gasteiger partial charge in [0.15, 0.2) is 5.69 Å².